The maximum absolute atomic E-state index is 6.12. The Morgan fingerprint density at radius 3 is 2.58 bits per heavy atom. The van der Waals surface area contributed by atoms with E-state index in [1.807, 2.05) is 30.3 Å². The van der Waals surface area contributed by atoms with Crippen LogP contribution in [0.3, 0.4) is 0 Å². The van der Waals surface area contributed by atoms with Crippen molar-refractivity contribution >= 4 is 17.3 Å². The first-order valence-corrected chi connectivity index (χ1v) is 6.71. The molecule has 0 saturated carbocycles. The first kappa shape index (κ1) is 13.8. The van der Waals surface area contributed by atoms with Crippen LogP contribution in [-0.2, 0) is 6.61 Å². The molecule has 0 atom stereocenters. The van der Waals surface area contributed by atoms with Gasteiger partial charge in [0.15, 0.2) is 0 Å². The van der Waals surface area contributed by atoms with Crippen LogP contribution >= 0.6 is 11.6 Å². The van der Waals surface area contributed by atoms with E-state index in [0.717, 1.165) is 11.3 Å². The number of ether oxygens (including phenoxy) is 1. The first-order chi connectivity index (χ1) is 9.08. The van der Waals surface area contributed by atoms with Crippen LogP contribution in [-0.4, -0.2) is 0 Å². The summed E-state index contributed by atoms with van der Waals surface area (Å²) in [6.07, 6.45) is 0. The first-order valence-electron chi connectivity index (χ1n) is 6.33. The van der Waals surface area contributed by atoms with E-state index in [1.54, 1.807) is 0 Å². The summed E-state index contributed by atoms with van der Waals surface area (Å²) in [7, 11) is 0. The number of rotatable bonds is 4. The largest absolute Gasteiger partial charge is 0.489 e. The van der Waals surface area contributed by atoms with Gasteiger partial charge in [-0.15, -0.1) is 0 Å². The Hall–Kier alpha value is -1.67. The number of hydrogen-bond acceptors (Lipinski definition) is 2. The van der Waals surface area contributed by atoms with Crippen molar-refractivity contribution in [2.45, 2.75) is 26.4 Å². The quantitative estimate of drug-likeness (QED) is 0.826. The molecule has 2 nitrogen and oxygen atoms in total. The fourth-order valence-electron chi connectivity index (χ4n) is 1.85. The maximum atomic E-state index is 6.12. The molecule has 0 saturated heterocycles. The molecule has 0 bridgehead atoms. The Bertz CT molecular complexity index is 546. The van der Waals surface area contributed by atoms with Crippen LogP contribution in [0.25, 0.3) is 0 Å². The highest BCUT2D eigenvalue weighted by molar-refractivity contribution is 6.31. The number of halogens is 1. The van der Waals surface area contributed by atoms with E-state index in [0.29, 0.717) is 23.2 Å². The second-order valence-corrected chi connectivity index (χ2v) is 5.23. The minimum Gasteiger partial charge on any atom is -0.489 e. The molecule has 2 aromatic carbocycles. The molecule has 0 aliphatic carbocycles. The van der Waals surface area contributed by atoms with Gasteiger partial charge in [0.25, 0.3) is 0 Å². The van der Waals surface area contributed by atoms with Gasteiger partial charge in [0, 0.05) is 16.3 Å². The Kier molecular flexibility index (Phi) is 4.33. The van der Waals surface area contributed by atoms with E-state index in [9.17, 15) is 0 Å². The third kappa shape index (κ3) is 3.42. The van der Waals surface area contributed by atoms with Crippen molar-refractivity contribution in [1.82, 2.24) is 0 Å². The standard InChI is InChI=1S/C16H18ClNO/c1-11(2)12-5-3-6-13(9-12)19-10-14-15(17)7-4-8-16(14)18/h3-9,11H,10,18H2,1-2H3. The molecule has 2 rings (SSSR count). The van der Waals surface area contributed by atoms with Gasteiger partial charge in [-0.05, 0) is 35.7 Å². The molecule has 0 aliphatic rings. The predicted molar refractivity (Wildman–Crippen MR) is 80.7 cm³/mol. The maximum Gasteiger partial charge on any atom is 0.120 e. The van der Waals surface area contributed by atoms with E-state index in [4.69, 9.17) is 22.1 Å². The Labute approximate surface area is 119 Å². The monoisotopic (exact) mass is 275 g/mol. The molecule has 19 heavy (non-hydrogen) atoms. The van der Waals surface area contributed by atoms with Crippen LogP contribution in [0.4, 0.5) is 5.69 Å². The molecule has 100 valence electrons. The Morgan fingerprint density at radius 2 is 1.89 bits per heavy atom. The van der Waals surface area contributed by atoms with E-state index < -0.39 is 0 Å². The molecule has 3 heteroatoms. The zero-order chi connectivity index (χ0) is 13.8. The predicted octanol–water partition coefficient (Wildman–Crippen LogP) is 4.62. The lowest BCUT2D eigenvalue weighted by molar-refractivity contribution is 0.306. The second-order valence-electron chi connectivity index (χ2n) is 4.82. The van der Waals surface area contributed by atoms with Gasteiger partial charge in [0.1, 0.15) is 12.4 Å². The molecule has 0 amide bonds. The molecule has 2 N–H and O–H groups in total. The van der Waals surface area contributed by atoms with Gasteiger partial charge in [-0.3, -0.25) is 0 Å². The molecule has 0 fully saturated rings. The van der Waals surface area contributed by atoms with Crippen LogP contribution in [0.2, 0.25) is 5.02 Å². The van der Waals surface area contributed by atoms with Gasteiger partial charge < -0.3 is 10.5 Å². The summed E-state index contributed by atoms with van der Waals surface area (Å²) < 4.78 is 5.78. The average molecular weight is 276 g/mol. The average Bonchev–Trinajstić information content (AvgIpc) is 2.38. The van der Waals surface area contributed by atoms with Crippen molar-refractivity contribution in [3.63, 3.8) is 0 Å². The van der Waals surface area contributed by atoms with Crippen LogP contribution in [0.5, 0.6) is 5.75 Å². The van der Waals surface area contributed by atoms with Crippen LogP contribution in [0.15, 0.2) is 42.5 Å². The summed E-state index contributed by atoms with van der Waals surface area (Å²) in [5, 5.41) is 0.639. The number of benzene rings is 2. The summed E-state index contributed by atoms with van der Waals surface area (Å²) in [4.78, 5) is 0. The zero-order valence-corrected chi connectivity index (χ0v) is 11.9. The molecule has 2 aromatic rings. The minimum absolute atomic E-state index is 0.382. The van der Waals surface area contributed by atoms with Crippen molar-refractivity contribution in [3.8, 4) is 5.75 Å². The molecule has 0 spiro atoms. The normalized spacial score (nSPS) is 10.7. The lowest BCUT2D eigenvalue weighted by Crippen LogP contribution is -2.01. The topological polar surface area (TPSA) is 35.2 Å². The number of nitrogens with two attached hydrogens (primary N) is 1. The lowest BCUT2D eigenvalue weighted by atomic mass is 10.0. The molecule has 0 unspecified atom stereocenters. The summed E-state index contributed by atoms with van der Waals surface area (Å²) in [5.74, 6) is 1.32. The fraction of sp³-hybridized carbons (Fsp3) is 0.250. The van der Waals surface area contributed by atoms with Gasteiger partial charge >= 0.3 is 0 Å². The van der Waals surface area contributed by atoms with Gasteiger partial charge in [-0.1, -0.05) is 43.6 Å². The highest BCUT2D eigenvalue weighted by Crippen LogP contribution is 2.25. The molecular weight excluding hydrogens is 258 g/mol. The highest BCUT2D eigenvalue weighted by atomic mass is 35.5. The zero-order valence-electron chi connectivity index (χ0n) is 11.2. The van der Waals surface area contributed by atoms with E-state index in [-0.39, 0.29) is 0 Å². The van der Waals surface area contributed by atoms with Gasteiger partial charge in [0.2, 0.25) is 0 Å². The van der Waals surface area contributed by atoms with E-state index in [1.165, 1.54) is 5.56 Å². The van der Waals surface area contributed by atoms with Crippen LogP contribution in [0.1, 0.15) is 30.9 Å². The van der Waals surface area contributed by atoms with Crippen molar-refractivity contribution in [1.29, 1.82) is 0 Å². The highest BCUT2D eigenvalue weighted by Gasteiger charge is 2.06. The number of hydrogen-bond donors (Lipinski definition) is 1. The lowest BCUT2D eigenvalue weighted by Gasteiger charge is -2.12. The molecule has 0 heterocycles. The Balaban J connectivity index is 2.12. The van der Waals surface area contributed by atoms with Crippen molar-refractivity contribution in [2.24, 2.45) is 0 Å². The minimum atomic E-state index is 0.382. The number of nitrogen functional groups attached to an aromatic ring is 1. The third-order valence-electron chi connectivity index (χ3n) is 3.06. The van der Waals surface area contributed by atoms with Crippen molar-refractivity contribution in [3.05, 3.63) is 58.6 Å². The van der Waals surface area contributed by atoms with Crippen molar-refractivity contribution in [2.75, 3.05) is 5.73 Å². The van der Waals surface area contributed by atoms with E-state index >= 15 is 0 Å². The fourth-order valence-corrected chi connectivity index (χ4v) is 2.08. The van der Waals surface area contributed by atoms with Crippen molar-refractivity contribution < 1.29 is 4.74 Å². The summed E-state index contributed by atoms with van der Waals surface area (Å²) in [6, 6.07) is 13.6. The molecule has 0 aliphatic heterocycles. The smallest absolute Gasteiger partial charge is 0.120 e. The molecule has 0 aromatic heterocycles. The third-order valence-corrected chi connectivity index (χ3v) is 3.42. The molecular formula is C16H18ClNO. The second kappa shape index (κ2) is 5.98. The van der Waals surface area contributed by atoms with Crippen LogP contribution < -0.4 is 10.5 Å². The number of anilines is 1. The van der Waals surface area contributed by atoms with Gasteiger partial charge in [-0.2, -0.15) is 0 Å². The van der Waals surface area contributed by atoms with Gasteiger partial charge in [0.05, 0.1) is 0 Å². The SMILES string of the molecule is CC(C)c1cccc(OCc2c(N)cccc2Cl)c1. The van der Waals surface area contributed by atoms with Crippen LogP contribution in [0, 0.1) is 0 Å². The van der Waals surface area contributed by atoms with Gasteiger partial charge in [-0.25, -0.2) is 0 Å². The van der Waals surface area contributed by atoms with E-state index in [2.05, 4.69) is 26.0 Å². The summed E-state index contributed by atoms with van der Waals surface area (Å²) in [6.45, 7) is 4.70. The Morgan fingerprint density at radius 1 is 1.16 bits per heavy atom. The summed E-state index contributed by atoms with van der Waals surface area (Å²) in [5.41, 5.74) is 8.65. The summed E-state index contributed by atoms with van der Waals surface area (Å²) >= 11 is 6.12. The molecule has 0 radical (unpaired) electrons.